The Balaban J connectivity index is 3.07. The van der Waals surface area contributed by atoms with Crippen LogP contribution in [0.3, 0.4) is 0 Å². The molecular formula is C11H9Cl3O2. The summed E-state index contributed by atoms with van der Waals surface area (Å²) in [6, 6.07) is 8.94. The van der Waals surface area contributed by atoms with Crippen LogP contribution in [0.25, 0.3) is 5.76 Å². The summed E-state index contributed by atoms with van der Waals surface area (Å²) in [7, 11) is 0. The second kappa shape index (κ2) is 5.58. The second-order valence-electron chi connectivity index (χ2n) is 3.01. The van der Waals surface area contributed by atoms with Crippen LogP contribution >= 0.6 is 34.8 Å². The van der Waals surface area contributed by atoms with E-state index in [-0.39, 0.29) is 5.76 Å². The molecule has 0 fully saturated rings. The zero-order valence-electron chi connectivity index (χ0n) is 8.41. The fourth-order valence-electron chi connectivity index (χ4n) is 1.08. The third-order valence-corrected chi connectivity index (χ3v) is 1.93. The average Bonchev–Trinajstić information content (AvgIpc) is 2.15. The number of rotatable bonds is 2. The predicted molar refractivity (Wildman–Crippen MR) is 66.5 cm³/mol. The number of esters is 1. The molecule has 5 heteroatoms. The number of ether oxygens (including phenoxy) is 1. The molecule has 16 heavy (non-hydrogen) atoms. The van der Waals surface area contributed by atoms with Crippen LogP contribution in [0.4, 0.5) is 0 Å². The van der Waals surface area contributed by atoms with Gasteiger partial charge in [-0.3, -0.25) is 4.79 Å². The van der Waals surface area contributed by atoms with Gasteiger partial charge >= 0.3 is 5.97 Å². The predicted octanol–water partition coefficient (Wildman–Crippen LogP) is 3.96. The molecule has 1 rings (SSSR count). The Labute approximate surface area is 109 Å². The van der Waals surface area contributed by atoms with E-state index in [1.807, 2.05) is 6.07 Å². The normalized spacial score (nSPS) is 12.4. The monoisotopic (exact) mass is 278 g/mol. The molecule has 0 N–H and O–H groups in total. The number of halogens is 3. The number of carbonyl (C=O) groups is 1. The van der Waals surface area contributed by atoms with E-state index in [9.17, 15) is 4.79 Å². The summed E-state index contributed by atoms with van der Waals surface area (Å²) in [5.41, 5.74) is 0.670. The highest BCUT2D eigenvalue weighted by Gasteiger charge is 2.19. The number of hydrogen-bond donors (Lipinski definition) is 0. The highest BCUT2D eigenvalue weighted by molar-refractivity contribution is 6.69. The van der Waals surface area contributed by atoms with Crippen LogP contribution in [0.15, 0.2) is 36.4 Å². The SMILES string of the molecule is CC(=O)OC(=CC(Cl)(Cl)Cl)c1ccccc1. The summed E-state index contributed by atoms with van der Waals surface area (Å²) in [6.07, 6.45) is 1.26. The van der Waals surface area contributed by atoms with E-state index in [1.165, 1.54) is 13.0 Å². The van der Waals surface area contributed by atoms with Crippen molar-refractivity contribution in [2.24, 2.45) is 0 Å². The molecule has 0 unspecified atom stereocenters. The van der Waals surface area contributed by atoms with E-state index < -0.39 is 9.76 Å². The quantitative estimate of drug-likeness (QED) is 0.465. The molecule has 0 radical (unpaired) electrons. The highest BCUT2D eigenvalue weighted by atomic mass is 35.6. The molecule has 0 bridgehead atoms. The molecule has 0 aromatic heterocycles. The van der Waals surface area contributed by atoms with Crippen molar-refractivity contribution in [1.82, 2.24) is 0 Å². The molecule has 0 aliphatic rings. The van der Waals surface area contributed by atoms with Crippen LogP contribution in [-0.2, 0) is 9.53 Å². The second-order valence-corrected chi connectivity index (χ2v) is 5.38. The van der Waals surface area contributed by atoms with Gasteiger partial charge in [-0.15, -0.1) is 0 Å². The van der Waals surface area contributed by atoms with Gasteiger partial charge in [-0.05, 0) is 0 Å². The van der Waals surface area contributed by atoms with Crippen LogP contribution < -0.4 is 0 Å². The Bertz CT molecular complexity index is 393. The van der Waals surface area contributed by atoms with Crippen molar-refractivity contribution in [3.63, 3.8) is 0 Å². The van der Waals surface area contributed by atoms with E-state index in [0.717, 1.165) is 0 Å². The van der Waals surface area contributed by atoms with Crippen LogP contribution in [-0.4, -0.2) is 9.76 Å². The Morgan fingerprint density at radius 1 is 1.25 bits per heavy atom. The molecule has 0 heterocycles. The van der Waals surface area contributed by atoms with Gasteiger partial charge in [0.25, 0.3) is 0 Å². The van der Waals surface area contributed by atoms with Gasteiger partial charge in [0.1, 0.15) is 5.76 Å². The van der Waals surface area contributed by atoms with Crippen molar-refractivity contribution in [2.75, 3.05) is 0 Å². The minimum Gasteiger partial charge on any atom is -0.426 e. The van der Waals surface area contributed by atoms with E-state index >= 15 is 0 Å². The lowest BCUT2D eigenvalue weighted by Gasteiger charge is -2.11. The molecule has 0 aliphatic heterocycles. The first kappa shape index (κ1) is 13.4. The maximum Gasteiger partial charge on any atom is 0.308 e. The van der Waals surface area contributed by atoms with Crippen LogP contribution in [0.5, 0.6) is 0 Å². The average molecular weight is 280 g/mol. The molecular weight excluding hydrogens is 270 g/mol. The summed E-state index contributed by atoms with van der Waals surface area (Å²) in [5.74, 6) is -0.238. The van der Waals surface area contributed by atoms with Crippen LogP contribution in [0.2, 0.25) is 0 Å². The standard InChI is InChI=1S/C11H9Cl3O2/c1-8(15)16-10(7-11(12,13)14)9-5-3-2-4-6-9/h2-7H,1H3. The van der Waals surface area contributed by atoms with Gasteiger partial charge in [0.05, 0.1) is 0 Å². The molecule has 86 valence electrons. The molecule has 0 atom stereocenters. The van der Waals surface area contributed by atoms with Crippen molar-refractivity contribution in [3.8, 4) is 0 Å². The molecule has 1 aromatic rings. The lowest BCUT2D eigenvalue weighted by molar-refractivity contribution is -0.134. The van der Waals surface area contributed by atoms with E-state index in [2.05, 4.69) is 0 Å². The van der Waals surface area contributed by atoms with Gasteiger partial charge in [-0.25, -0.2) is 0 Å². The van der Waals surface area contributed by atoms with Gasteiger partial charge in [0, 0.05) is 18.6 Å². The number of allylic oxidation sites excluding steroid dienone is 1. The molecule has 0 saturated carbocycles. The Morgan fingerprint density at radius 2 is 1.81 bits per heavy atom. The minimum atomic E-state index is -1.61. The highest BCUT2D eigenvalue weighted by Crippen LogP contribution is 2.31. The van der Waals surface area contributed by atoms with Crippen molar-refractivity contribution in [1.29, 1.82) is 0 Å². The number of hydrogen-bond acceptors (Lipinski definition) is 2. The lowest BCUT2D eigenvalue weighted by atomic mass is 10.2. The summed E-state index contributed by atoms with van der Waals surface area (Å²) >= 11 is 16.9. The topological polar surface area (TPSA) is 26.3 Å². The van der Waals surface area contributed by atoms with E-state index in [0.29, 0.717) is 5.56 Å². The fourth-order valence-corrected chi connectivity index (χ4v) is 1.37. The third-order valence-electron chi connectivity index (χ3n) is 1.61. The smallest absolute Gasteiger partial charge is 0.308 e. The largest absolute Gasteiger partial charge is 0.426 e. The number of carbonyl (C=O) groups excluding carboxylic acids is 1. The number of alkyl halides is 3. The van der Waals surface area contributed by atoms with Crippen molar-refractivity contribution in [3.05, 3.63) is 42.0 Å². The Kier molecular flexibility index (Phi) is 4.66. The third kappa shape index (κ3) is 4.88. The van der Waals surface area contributed by atoms with Gasteiger partial charge in [-0.2, -0.15) is 0 Å². The molecule has 0 spiro atoms. The minimum absolute atomic E-state index is 0.230. The van der Waals surface area contributed by atoms with Crippen LogP contribution in [0.1, 0.15) is 12.5 Å². The van der Waals surface area contributed by atoms with Gasteiger partial charge in [-0.1, -0.05) is 65.1 Å². The van der Waals surface area contributed by atoms with Gasteiger partial charge in [0.15, 0.2) is 0 Å². The molecule has 0 saturated heterocycles. The lowest BCUT2D eigenvalue weighted by Crippen LogP contribution is -2.04. The molecule has 0 amide bonds. The molecule has 0 aliphatic carbocycles. The fraction of sp³-hybridized carbons (Fsp3) is 0.182. The zero-order chi connectivity index (χ0) is 12.2. The summed E-state index contributed by atoms with van der Waals surface area (Å²) in [6.45, 7) is 1.29. The Hall–Kier alpha value is -0.700. The summed E-state index contributed by atoms with van der Waals surface area (Å²) < 4.78 is 3.37. The molecule has 2 nitrogen and oxygen atoms in total. The first-order valence-corrected chi connectivity index (χ1v) is 5.55. The van der Waals surface area contributed by atoms with Crippen molar-refractivity contribution in [2.45, 2.75) is 10.7 Å². The summed E-state index contributed by atoms with van der Waals surface area (Å²) in [4.78, 5) is 10.9. The maximum absolute atomic E-state index is 10.9. The first-order valence-electron chi connectivity index (χ1n) is 4.42. The first-order chi connectivity index (χ1) is 7.38. The summed E-state index contributed by atoms with van der Waals surface area (Å²) in [5, 5.41) is 0. The number of benzene rings is 1. The maximum atomic E-state index is 10.9. The van der Waals surface area contributed by atoms with Gasteiger partial charge in [0.2, 0.25) is 3.79 Å². The zero-order valence-corrected chi connectivity index (χ0v) is 10.7. The van der Waals surface area contributed by atoms with Crippen molar-refractivity contribution >= 4 is 46.5 Å². The Morgan fingerprint density at radius 3 is 2.25 bits per heavy atom. The van der Waals surface area contributed by atoms with Crippen LogP contribution in [0, 0.1) is 0 Å². The van der Waals surface area contributed by atoms with E-state index in [1.54, 1.807) is 24.3 Å². The molecule has 1 aromatic carbocycles. The van der Waals surface area contributed by atoms with Gasteiger partial charge < -0.3 is 4.74 Å². The van der Waals surface area contributed by atoms with Crippen molar-refractivity contribution < 1.29 is 9.53 Å². The van der Waals surface area contributed by atoms with E-state index in [4.69, 9.17) is 39.5 Å².